The van der Waals surface area contributed by atoms with Crippen molar-refractivity contribution in [1.82, 2.24) is 0 Å². The summed E-state index contributed by atoms with van der Waals surface area (Å²) in [6.45, 7) is 7.79. The zero-order valence-electron chi connectivity index (χ0n) is 49.2. The van der Waals surface area contributed by atoms with Gasteiger partial charge in [-0.25, -0.2) is 0 Å². The molecule has 0 saturated heterocycles. The number of hydrogen-bond acceptors (Lipinski definition) is 5. The Hall–Kier alpha value is -1.62. The highest BCUT2D eigenvalue weighted by atomic mass is 16.6. The number of ether oxygens (including phenoxy) is 3. The molecule has 0 spiro atoms. The maximum Gasteiger partial charge on any atom is 0.305 e. The van der Waals surface area contributed by atoms with E-state index >= 15 is 0 Å². The summed E-state index contributed by atoms with van der Waals surface area (Å²) in [5, 5.41) is 0. The minimum Gasteiger partial charge on any atom is -0.463 e. The molecule has 0 bridgehead atoms. The Balaban J connectivity index is 4.18. The summed E-state index contributed by atoms with van der Waals surface area (Å²) < 4.78 is 17.6. The van der Waals surface area contributed by atoms with Crippen molar-refractivity contribution < 1.29 is 23.8 Å². The third kappa shape index (κ3) is 60.9. The second kappa shape index (κ2) is 63.7. The zero-order valence-corrected chi connectivity index (χ0v) is 49.2. The molecule has 0 unspecified atom stereocenters. The normalized spacial score (nSPS) is 12.2. The fourth-order valence-corrected chi connectivity index (χ4v) is 10.0. The molecule has 0 aromatic carbocycles. The van der Waals surface area contributed by atoms with Gasteiger partial charge in [0.2, 0.25) is 0 Å². The van der Waals surface area contributed by atoms with Crippen molar-refractivity contribution >= 4 is 11.9 Å². The molecule has 1 atom stereocenters. The monoisotopic (exact) mass is 1010 g/mol. The van der Waals surface area contributed by atoms with E-state index in [1.165, 1.54) is 289 Å². The van der Waals surface area contributed by atoms with Gasteiger partial charge in [0.05, 0.1) is 0 Å². The molecule has 0 aliphatic carbocycles. The van der Waals surface area contributed by atoms with Crippen LogP contribution in [0.2, 0.25) is 0 Å². The predicted molar refractivity (Wildman–Crippen MR) is 316 cm³/mol. The number of carbonyl (C=O) groups excluding carboxylic acids is 2. The van der Waals surface area contributed by atoms with Crippen molar-refractivity contribution in [2.24, 2.45) is 0 Å². The summed E-state index contributed by atoms with van der Waals surface area (Å²) >= 11 is 0. The van der Waals surface area contributed by atoms with Crippen LogP contribution in [0.3, 0.4) is 0 Å². The first kappa shape index (κ1) is 70.4. The molecule has 0 amide bonds. The van der Waals surface area contributed by atoms with E-state index in [1.807, 2.05) is 0 Å². The van der Waals surface area contributed by atoms with Crippen molar-refractivity contribution in [2.45, 2.75) is 374 Å². The Morgan fingerprint density at radius 2 is 0.528 bits per heavy atom. The molecule has 0 aliphatic rings. The number of hydrogen-bond donors (Lipinski definition) is 0. The third-order valence-corrected chi connectivity index (χ3v) is 15.0. The van der Waals surface area contributed by atoms with Crippen LogP contribution in [0.4, 0.5) is 0 Å². The molecule has 0 aromatic heterocycles. The maximum atomic E-state index is 12.7. The lowest BCUT2D eigenvalue weighted by Gasteiger charge is -2.18. The van der Waals surface area contributed by atoms with E-state index in [0.29, 0.717) is 19.4 Å². The molecule has 0 saturated carbocycles. The average Bonchev–Trinajstić information content (AvgIpc) is 3.38. The SMILES string of the molecule is CCCCC/C=C\C/C=C\CCCCCCCCCCCC(=O)OC[C@H](COC(=O)CCCCCCCCCCCCCCCCCCCCCCC)OCCCCCCCCCCCCCCCCCC. The Morgan fingerprint density at radius 1 is 0.292 bits per heavy atom. The summed E-state index contributed by atoms with van der Waals surface area (Å²) in [7, 11) is 0. The molecule has 5 nitrogen and oxygen atoms in total. The van der Waals surface area contributed by atoms with Gasteiger partial charge in [-0.1, -0.05) is 328 Å². The first-order valence-corrected chi connectivity index (χ1v) is 32.9. The molecule has 5 heteroatoms. The number of allylic oxidation sites excluding steroid dienone is 4. The van der Waals surface area contributed by atoms with Crippen molar-refractivity contribution in [3.8, 4) is 0 Å². The van der Waals surface area contributed by atoms with Gasteiger partial charge in [0.1, 0.15) is 19.3 Å². The van der Waals surface area contributed by atoms with Gasteiger partial charge in [-0.3, -0.25) is 9.59 Å². The first-order chi connectivity index (χ1) is 35.6. The summed E-state index contributed by atoms with van der Waals surface area (Å²) in [4.78, 5) is 25.4. The van der Waals surface area contributed by atoms with Crippen LogP contribution in [0.25, 0.3) is 0 Å². The fourth-order valence-electron chi connectivity index (χ4n) is 10.0. The van der Waals surface area contributed by atoms with E-state index in [-0.39, 0.29) is 25.2 Å². The lowest BCUT2D eigenvalue weighted by molar-refractivity contribution is -0.155. The van der Waals surface area contributed by atoms with Gasteiger partial charge in [0.15, 0.2) is 0 Å². The molecule has 0 N–H and O–H groups in total. The molecule has 426 valence electrons. The molecule has 72 heavy (non-hydrogen) atoms. The van der Waals surface area contributed by atoms with Gasteiger partial charge < -0.3 is 14.2 Å². The van der Waals surface area contributed by atoms with Gasteiger partial charge in [-0.05, 0) is 51.4 Å². The lowest BCUT2D eigenvalue weighted by atomic mass is 10.0. The predicted octanol–water partition coefficient (Wildman–Crippen LogP) is 22.7. The Bertz CT molecular complexity index is 1100. The van der Waals surface area contributed by atoms with Crippen molar-refractivity contribution in [1.29, 1.82) is 0 Å². The second-order valence-corrected chi connectivity index (χ2v) is 22.4. The Kier molecular flexibility index (Phi) is 62.2. The summed E-state index contributed by atoms with van der Waals surface area (Å²) in [6.07, 6.45) is 78.1. The molecular formula is C67H128O5. The van der Waals surface area contributed by atoms with Crippen LogP contribution in [0.15, 0.2) is 24.3 Å². The minimum atomic E-state index is -0.396. The van der Waals surface area contributed by atoms with Crippen molar-refractivity contribution in [3.63, 3.8) is 0 Å². The zero-order chi connectivity index (χ0) is 52.0. The molecule has 0 aliphatic heterocycles. The smallest absolute Gasteiger partial charge is 0.305 e. The van der Waals surface area contributed by atoms with E-state index in [1.54, 1.807) is 0 Å². The van der Waals surface area contributed by atoms with Gasteiger partial charge in [-0.2, -0.15) is 0 Å². The Labute approximate surface area is 451 Å². The van der Waals surface area contributed by atoms with Crippen LogP contribution in [0, 0.1) is 0 Å². The van der Waals surface area contributed by atoms with Crippen molar-refractivity contribution in [2.75, 3.05) is 19.8 Å². The number of rotatable bonds is 62. The topological polar surface area (TPSA) is 61.8 Å². The van der Waals surface area contributed by atoms with Crippen molar-refractivity contribution in [3.05, 3.63) is 24.3 Å². The van der Waals surface area contributed by atoms with E-state index < -0.39 is 6.10 Å². The number of unbranched alkanes of at least 4 members (excludes halogenated alkanes) is 47. The first-order valence-electron chi connectivity index (χ1n) is 32.9. The molecule has 0 heterocycles. The van der Waals surface area contributed by atoms with E-state index in [9.17, 15) is 9.59 Å². The van der Waals surface area contributed by atoms with E-state index in [0.717, 1.165) is 44.9 Å². The van der Waals surface area contributed by atoms with E-state index in [4.69, 9.17) is 14.2 Å². The number of esters is 2. The van der Waals surface area contributed by atoms with Gasteiger partial charge in [0, 0.05) is 19.4 Å². The third-order valence-electron chi connectivity index (χ3n) is 15.0. The fraction of sp³-hybridized carbons (Fsp3) is 0.910. The van der Waals surface area contributed by atoms with Crippen LogP contribution in [0.5, 0.6) is 0 Å². The minimum absolute atomic E-state index is 0.153. The van der Waals surface area contributed by atoms with Crippen LogP contribution < -0.4 is 0 Å². The van der Waals surface area contributed by atoms with Gasteiger partial charge >= 0.3 is 11.9 Å². The van der Waals surface area contributed by atoms with Crippen LogP contribution in [0.1, 0.15) is 367 Å². The maximum absolute atomic E-state index is 12.7. The van der Waals surface area contributed by atoms with Gasteiger partial charge in [-0.15, -0.1) is 0 Å². The second-order valence-electron chi connectivity index (χ2n) is 22.4. The average molecular weight is 1010 g/mol. The molecule has 0 fully saturated rings. The molecule has 0 rings (SSSR count). The molecular weight excluding hydrogens is 885 g/mol. The highest BCUT2D eigenvalue weighted by Crippen LogP contribution is 2.18. The van der Waals surface area contributed by atoms with E-state index in [2.05, 4.69) is 45.1 Å². The highest BCUT2D eigenvalue weighted by molar-refractivity contribution is 5.69. The van der Waals surface area contributed by atoms with Crippen LogP contribution in [-0.4, -0.2) is 37.9 Å². The molecule has 0 radical (unpaired) electrons. The van der Waals surface area contributed by atoms with Gasteiger partial charge in [0.25, 0.3) is 0 Å². The Morgan fingerprint density at radius 3 is 0.833 bits per heavy atom. The highest BCUT2D eigenvalue weighted by Gasteiger charge is 2.16. The summed E-state index contributed by atoms with van der Waals surface area (Å²) in [5.41, 5.74) is 0. The number of carbonyl (C=O) groups is 2. The largest absolute Gasteiger partial charge is 0.463 e. The summed E-state index contributed by atoms with van der Waals surface area (Å²) in [5.74, 6) is -0.312. The molecule has 0 aromatic rings. The lowest BCUT2D eigenvalue weighted by Crippen LogP contribution is -2.29. The summed E-state index contributed by atoms with van der Waals surface area (Å²) in [6, 6.07) is 0. The van der Waals surface area contributed by atoms with Crippen LogP contribution in [-0.2, 0) is 23.8 Å². The standard InChI is InChI=1S/C67H128O5/c1-4-7-10-13-16-19-22-25-28-31-33-34-36-38-40-43-46-49-52-55-58-61-67(69)72-64-65(70-62-59-56-53-50-47-44-41-30-27-24-21-18-15-12-9-6-3)63-71-66(68)60-57-54-51-48-45-42-39-37-35-32-29-26-23-20-17-14-11-8-5-2/h17,20,26,29,65H,4-16,18-19,21-25,27-28,30-64H2,1-3H3/b20-17-,29-26-/t65-/m1/s1. The van der Waals surface area contributed by atoms with Crippen LogP contribution >= 0.6 is 0 Å². The quantitative estimate of drug-likeness (QED) is 0.0345.